The number of rotatable bonds is 3. The lowest BCUT2D eigenvalue weighted by atomic mass is 9.88. The molecule has 1 unspecified atom stereocenters. The molecule has 1 aromatic rings. The fraction of sp³-hybridized carbons (Fsp3) is 0.562. The van der Waals surface area contributed by atoms with Gasteiger partial charge in [-0.3, -0.25) is 4.79 Å². The smallest absolute Gasteiger partial charge is 0.313 e. The van der Waals surface area contributed by atoms with Gasteiger partial charge in [-0.05, 0) is 37.8 Å². The number of carbonyl (C=O) groups is 1. The van der Waals surface area contributed by atoms with Crippen LogP contribution in [-0.2, 0) is 16.0 Å². The Bertz CT molecular complexity index is 468. The molecule has 0 spiro atoms. The Balaban J connectivity index is 2.24. The summed E-state index contributed by atoms with van der Waals surface area (Å²) in [5.74, 6) is 0.464. The number of carbonyl (C=O) groups excluding carboxylic acids is 1. The van der Waals surface area contributed by atoms with Crippen LogP contribution < -0.4 is 4.90 Å². The molecule has 104 valence electrons. The maximum Gasteiger partial charge on any atom is 0.313 e. The number of ether oxygens (including phenoxy) is 1. The van der Waals surface area contributed by atoms with Crippen LogP contribution in [0.1, 0.15) is 26.3 Å². The summed E-state index contributed by atoms with van der Waals surface area (Å²) in [5, 5.41) is 0. The maximum absolute atomic E-state index is 11.9. The van der Waals surface area contributed by atoms with Crippen molar-refractivity contribution in [3.05, 3.63) is 29.8 Å². The molecule has 0 N–H and O–H groups in total. The Morgan fingerprint density at radius 1 is 1.42 bits per heavy atom. The van der Waals surface area contributed by atoms with Crippen LogP contribution in [0.2, 0.25) is 0 Å². The fourth-order valence-electron chi connectivity index (χ4n) is 2.87. The Morgan fingerprint density at radius 2 is 2.11 bits per heavy atom. The zero-order chi connectivity index (χ0) is 14.0. The average molecular weight is 261 g/mol. The third kappa shape index (κ3) is 2.91. The van der Waals surface area contributed by atoms with Crippen LogP contribution in [-0.4, -0.2) is 26.2 Å². The van der Waals surface area contributed by atoms with E-state index >= 15 is 0 Å². The summed E-state index contributed by atoms with van der Waals surface area (Å²) in [6.07, 6.45) is 1.12. The van der Waals surface area contributed by atoms with Crippen molar-refractivity contribution in [3.8, 4) is 0 Å². The summed E-state index contributed by atoms with van der Waals surface area (Å²) >= 11 is 0. The number of esters is 1. The standard InChI is InChI=1S/C16H23NO2/c1-12-9-13-7-5-6-8-14(13)17(10-12)11-16(2,3)15(18)19-4/h5-8,12H,9-11H2,1-4H3. The molecule has 1 atom stereocenters. The monoisotopic (exact) mass is 261 g/mol. The van der Waals surface area contributed by atoms with Crippen LogP contribution in [0.25, 0.3) is 0 Å². The first-order valence-corrected chi connectivity index (χ1v) is 6.85. The van der Waals surface area contributed by atoms with Gasteiger partial charge in [0.15, 0.2) is 0 Å². The maximum atomic E-state index is 11.9. The molecule has 3 nitrogen and oxygen atoms in total. The normalized spacial score (nSPS) is 18.9. The van der Waals surface area contributed by atoms with Gasteiger partial charge >= 0.3 is 5.97 Å². The lowest BCUT2D eigenvalue weighted by Gasteiger charge is -2.38. The molecule has 1 aliphatic heterocycles. The van der Waals surface area contributed by atoms with Gasteiger partial charge in [-0.2, -0.15) is 0 Å². The molecule has 19 heavy (non-hydrogen) atoms. The summed E-state index contributed by atoms with van der Waals surface area (Å²) in [6, 6.07) is 8.48. The van der Waals surface area contributed by atoms with Gasteiger partial charge in [0.1, 0.15) is 0 Å². The van der Waals surface area contributed by atoms with Crippen molar-refractivity contribution < 1.29 is 9.53 Å². The van der Waals surface area contributed by atoms with Crippen molar-refractivity contribution in [1.82, 2.24) is 0 Å². The van der Waals surface area contributed by atoms with E-state index in [9.17, 15) is 4.79 Å². The minimum absolute atomic E-state index is 0.150. The van der Waals surface area contributed by atoms with E-state index in [-0.39, 0.29) is 5.97 Å². The first-order chi connectivity index (χ1) is 8.94. The molecule has 0 amide bonds. The molecule has 1 aliphatic rings. The molecular weight excluding hydrogens is 238 g/mol. The van der Waals surface area contributed by atoms with E-state index in [0.717, 1.165) is 13.0 Å². The highest BCUT2D eigenvalue weighted by Gasteiger charge is 2.33. The number of nitrogens with zero attached hydrogens (tertiary/aromatic N) is 1. The second kappa shape index (κ2) is 5.24. The van der Waals surface area contributed by atoms with Crippen LogP contribution in [0, 0.1) is 11.3 Å². The summed E-state index contributed by atoms with van der Waals surface area (Å²) in [5.41, 5.74) is 2.15. The Hall–Kier alpha value is -1.51. The lowest BCUT2D eigenvalue weighted by molar-refractivity contribution is -0.150. The Labute approximate surface area is 115 Å². The number of hydrogen-bond acceptors (Lipinski definition) is 3. The SMILES string of the molecule is COC(=O)C(C)(C)CN1CC(C)Cc2ccccc21. The zero-order valence-corrected chi connectivity index (χ0v) is 12.3. The van der Waals surface area contributed by atoms with E-state index < -0.39 is 5.41 Å². The van der Waals surface area contributed by atoms with Crippen molar-refractivity contribution in [3.63, 3.8) is 0 Å². The van der Waals surface area contributed by atoms with E-state index in [2.05, 4.69) is 36.1 Å². The molecule has 0 saturated heterocycles. The number of para-hydroxylation sites is 1. The van der Waals surface area contributed by atoms with Crippen LogP contribution in [0.15, 0.2) is 24.3 Å². The molecule has 0 saturated carbocycles. The van der Waals surface area contributed by atoms with E-state index in [1.807, 2.05) is 13.8 Å². The molecule has 1 heterocycles. The highest BCUT2D eigenvalue weighted by atomic mass is 16.5. The van der Waals surface area contributed by atoms with Gasteiger partial charge in [0, 0.05) is 18.8 Å². The van der Waals surface area contributed by atoms with Gasteiger partial charge in [0.2, 0.25) is 0 Å². The highest BCUT2D eigenvalue weighted by molar-refractivity contribution is 5.77. The second-order valence-electron chi connectivity index (χ2n) is 6.19. The minimum Gasteiger partial charge on any atom is -0.469 e. The van der Waals surface area contributed by atoms with E-state index in [0.29, 0.717) is 12.5 Å². The summed E-state index contributed by atoms with van der Waals surface area (Å²) in [6.45, 7) is 7.84. The van der Waals surface area contributed by atoms with Crippen molar-refractivity contribution in [2.45, 2.75) is 27.2 Å². The molecule has 0 aliphatic carbocycles. The van der Waals surface area contributed by atoms with E-state index in [4.69, 9.17) is 4.74 Å². The molecule has 0 aromatic heterocycles. The summed E-state index contributed by atoms with van der Waals surface area (Å²) in [7, 11) is 1.46. The number of fused-ring (bicyclic) bond motifs is 1. The van der Waals surface area contributed by atoms with Gasteiger partial charge in [-0.1, -0.05) is 25.1 Å². The second-order valence-corrected chi connectivity index (χ2v) is 6.19. The summed E-state index contributed by atoms with van der Waals surface area (Å²) < 4.78 is 4.91. The first kappa shape index (κ1) is 13.9. The van der Waals surface area contributed by atoms with Gasteiger partial charge in [0.05, 0.1) is 12.5 Å². The van der Waals surface area contributed by atoms with Crippen LogP contribution in [0.3, 0.4) is 0 Å². The molecule has 2 rings (SSSR count). The predicted octanol–water partition coefficient (Wildman–Crippen LogP) is 2.88. The fourth-order valence-corrected chi connectivity index (χ4v) is 2.87. The highest BCUT2D eigenvalue weighted by Crippen LogP contribution is 2.32. The number of anilines is 1. The molecule has 1 aromatic carbocycles. The van der Waals surface area contributed by atoms with Crippen molar-refractivity contribution >= 4 is 11.7 Å². The quantitative estimate of drug-likeness (QED) is 0.784. The number of methoxy groups -OCH3 is 1. The van der Waals surface area contributed by atoms with Crippen molar-refractivity contribution in [2.24, 2.45) is 11.3 Å². The van der Waals surface area contributed by atoms with E-state index in [1.54, 1.807) is 0 Å². The third-order valence-electron chi connectivity index (χ3n) is 3.76. The van der Waals surface area contributed by atoms with E-state index in [1.165, 1.54) is 18.4 Å². The lowest BCUT2D eigenvalue weighted by Crippen LogP contribution is -2.44. The Kier molecular flexibility index (Phi) is 3.83. The van der Waals surface area contributed by atoms with Crippen molar-refractivity contribution in [2.75, 3.05) is 25.1 Å². The molecule has 0 fully saturated rings. The van der Waals surface area contributed by atoms with Crippen LogP contribution in [0.5, 0.6) is 0 Å². The zero-order valence-electron chi connectivity index (χ0n) is 12.3. The largest absolute Gasteiger partial charge is 0.469 e. The molecule has 0 bridgehead atoms. The average Bonchev–Trinajstić information content (AvgIpc) is 2.37. The number of hydrogen-bond donors (Lipinski definition) is 0. The summed E-state index contributed by atoms with van der Waals surface area (Å²) in [4.78, 5) is 14.2. The van der Waals surface area contributed by atoms with Gasteiger partial charge < -0.3 is 9.64 Å². The minimum atomic E-state index is -0.487. The molecule has 0 radical (unpaired) electrons. The van der Waals surface area contributed by atoms with Crippen LogP contribution >= 0.6 is 0 Å². The first-order valence-electron chi connectivity index (χ1n) is 6.85. The third-order valence-corrected chi connectivity index (χ3v) is 3.76. The van der Waals surface area contributed by atoms with Crippen LogP contribution in [0.4, 0.5) is 5.69 Å². The van der Waals surface area contributed by atoms with Crippen molar-refractivity contribution in [1.29, 1.82) is 0 Å². The van der Waals surface area contributed by atoms with Gasteiger partial charge in [-0.15, -0.1) is 0 Å². The topological polar surface area (TPSA) is 29.5 Å². The van der Waals surface area contributed by atoms with Gasteiger partial charge in [-0.25, -0.2) is 0 Å². The number of benzene rings is 1. The Morgan fingerprint density at radius 3 is 2.79 bits per heavy atom. The molecule has 3 heteroatoms. The predicted molar refractivity (Wildman–Crippen MR) is 77.3 cm³/mol. The van der Waals surface area contributed by atoms with Gasteiger partial charge in [0.25, 0.3) is 0 Å². The molecular formula is C16H23NO2.